The molecule has 120 valence electrons. The maximum absolute atomic E-state index is 5.99. The fraction of sp³-hybridized carbons (Fsp3) is 0.467. The summed E-state index contributed by atoms with van der Waals surface area (Å²) in [6.07, 6.45) is 4.44. The zero-order valence-corrected chi connectivity index (χ0v) is 13.2. The van der Waals surface area contributed by atoms with Crippen molar-refractivity contribution in [3.63, 3.8) is 0 Å². The summed E-state index contributed by atoms with van der Waals surface area (Å²) in [4.78, 5) is 16.4. The average Bonchev–Trinajstić information content (AvgIpc) is 3.26. The predicted octanol–water partition coefficient (Wildman–Crippen LogP) is 1.29. The Kier molecular flexibility index (Phi) is 3.45. The first-order chi connectivity index (χ1) is 11.3. The molecule has 1 unspecified atom stereocenters. The Bertz CT molecular complexity index is 832. The first-order valence-electron chi connectivity index (χ1n) is 7.87. The summed E-state index contributed by atoms with van der Waals surface area (Å²) in [6, 6.07) is 0. The molecule has 2 N–H and O–H groups in total. The van der Waals surface area contributed by atoms with E-state index in [0.29, 0.717) is 11.5 Å². The fourth-order valence-electron chi connectivity index (χ4n) is 2.91. The standard InChI is InChI=1S/C15H19N7O/c1-3-22-9(2)11(7-19-22)13-20-12-14(21-13)17-8-18-15(12)23-10-4-5-16-6-10/h7-8,10,16H,3-6H2,1-2H3,(H,17,18,20,21). The van der Waals surface area contributed by atoms with Gasteiger partial charge >= 0.3 is 0 Å². The SMILES string of the molecule is CCn1ncc(-c2nc3ncnc(OC4CCNC4)c3[nH]2)c1C. The molecule has 0 saturated carbocycles. The highest BCUT2D eigenvalue weighted by molar-refractivity contribution is 5.80. The quantitative estimate of drug-likeness (QED) is 0.754. The number of aromatic nitrogens is 6. The summed E-state index contributed by atoms with van der Waals surface area (Å²) in [5, 5.41) is 7.65. The van der Waals surface area contributed by atoms with Crippen molar-refractivity contribution in [2.24, 2.45) is 0 Å². The number of nitrogens with zero attached hydrogens (tertiary/aromatic N) is 5. The predicted molar refractivity (Wildman–Crippen MR) is 85.2 cm³/mol. The number of aromatic amines is 1. The van der Waals surface area contributed by atoms with Crippen LogP contribution in [0.1, 0.15) is 19.0 Å². The minimum atomic E-state index is 0.143. The van der Waals surface area contributed by atoms with Gasteiger partial charge in [-0.15, -0.1) is 0 Å². The molecule has 0 radical (unpaired) electrons. The van der Waals surface area contributed by atoms with E-state index in [0.717, 1.165) is 48.7 Å². The van der Waals surface area contributed by atoms with Gasteiger partial charge < -0.3 is 15.0 Å². The molecule has 0 amide bonds. The van der Waals surface area contributed by atoms with E-state index in [4.69, 9.17) is 4.74 Å². The fourth-order valence-corrected chi connectivity index (χ4v) is 2.91. The molecule has 0 bridgehead atoms. The second kappa shape index (κ2) is 5.62. The van der Waals surface area contributed by atoms with Crippen molar-refractivity contribution >= 4 is 11.2 Å². The van der Waals surface area contributed by atoms with Gasteiger partial charge in [-0.2, -0.15) is 10.1 Å². The van der Waals surface area contributed by atoms with Crippen LogP contribution < -0.4 is 10.1 Å². The minimum Gasteiger partial charge on any atom is -0.471 e. The van der Waals surface area contributed by atoms with Gasteiger partial charge in [0.05, 0.1) is 11.8 Å². The van der Waals surface area contributed by atoms with Crippen LogP contribution in [0.2, 0.25) is 0 Å². The second-order valence-corrected chi connectivity index (χ2v) is 5.65. The molecule has 1 aliphatic heterocycles. The summed E-state index contributed by atoms with van der Waals surface area (Å²) < 4.78 is 7.93. The van der Waals surface area contributed by atoms with Gasteiger partial charge in [-0.25, -0.2) is 9.97 Å². The van der Waals surface area contributed by atoms with Crippen LogP contribution in [0.25, 0.3) is 22.6 Å². The van der Waals surface area contributed by atoms with E-state index in [1.807, 2.05) is 17.8 Å². The Balaban J connectivity index is 1.73. The van der Waals surface area contributed by atoms with Crippen LogP contribution in [0.5, 0.6) is 5.88 Å². The molecule has 23 heavy (non-hydrogen) atoms. The first-order valence-corrected chi connectivity index (χ1v) is 7.87. The van der Waals surface area contributed by atoms with Crippen molar-refractivity contribution in [3.8, 4) is 17.3 Å². The van der Waals surface area contributed by atoms with Crippen LogP contribution in [0, 0.1) is 6.92 Å². The van der Waals surface area contributed by atoms with E-state index in [9.17, 15) is 0 Å². The number of H-pyrrole nitrogens is 1. The van der Waals surface area contributed by atoms with Crippen LogP contribution in [0.4, 0.5) is 0 Å². The highest BCUT2D eigenvalue weighted by atomic mass is 16.5. The number of nitrogens with one attached hydrogen (secondary N) is 2. The molecule has 8 heteroatoms. The Hall–Kier alpha value is -2.48. The third-order valence-corrected chi connectivity index (χ3v) is 4.20. The van der Waals surface area contributed by atoms with Gasteiger partial charge in [-0.05, 0) is 26.8 Å². The van der Waals surface area contributed by atoms with E-state index >= 15 is 0 Å². The molecular formula is C15H19N7O. The molecule has 3 aromatic rings. The molecule has 4 heterocycles. The van der Waals surface area contributed by atoms with E-state index in [1.165, 1.54) is 6.33 Å². The minimum absolute atomic E-state index is 0.143. The Labute approximate surface area is 133 Å². The lowest BCUT2D eigenvalue weighted by molar-refractivity contribution is 0.216. The largest absolute Gasteiger partial charge is 0.471 e. The lowest BCUT2D eigenvalue weighted by atomic mass is 10.2. The van der Waals surface area contributed by atoms with Crippen molar-refractivity contribution in [3.05, 3.63) is 18.2 Å². The highest BCUT2D eigenvalue weighted by Crippen LogP contribution is 2.27. The van der Waals surface area contributed by atoms with Crippen LogP contribution in [-0.2, 0) is 6.54 Å². The number of hydrogen-bond donors (Lipinski definition) is 2. The molecule has 1 fully saturated rings. The normalized spacial score (nSPS) is 17.9. The molecule has 1 aliphatic rings. The molecule has 0 spiro atoms. The third-order valence-electron chi connectivity index (χ3n) is 4.20. The van der Waals surface area contributed by atoms with Gasteiger partial charge in [0.15, 0.2) is 5.65 Å². The maximum Gasteiger partial charge on any atom is 0.243 e. The van der Waals surface area contributed by atoms with Crippen LogP contribution in [0.15, 0.2) is 12.5 Å². The van der Waals surface area contributed by atoms with Gasteiger partial charge in [0.2, 0.25) is 5.88 Å². The highest BCUT2D eigenvalue weighted by Gasteiger charge is 2.20. The van der Waals surface area contributed by atoms with Crippen LogP contribution in [-0.4, -0.2) is 48.9 Å². The Morgan fingerprint density at radius 2 is 2.30 bits per heavy atom. The summed E-state index contributed by atoms with van der Waals surface area (Å²) in [5.41, 5.74) is 3.39. The van der Waals surface area contributed by atoms with Gasteiger partial charge in [-0.3, -0.25) is 4.68 Å². The lowest BCUT2D eigenvalue weighted by Gasteiger charge is -2.10. The number of fused-ring (bicyclic) bond motifs is 1. The van der Waals surface area contributed by atoms with Gasteiger partial charge in [-0.1, -0.05) is 0 Å². The number of hydrogen-bond acceptors (Lipinski definition) is 6. The molecule has 0 aliphatic carbocycles. The smallest absolute Gasteiger partial charge is 0.243 e. The summed E-state index contributed by atoms with van der Waals surface area (Å²) in [6.45, 7) is 6.74. The van der Waals surface area contributed by atoms with E-state index in [2.05, 4.69) is 37.3 Å². The zero-order valence-electron chi connectivity index (χ0n) is 13.2. The molecule has 8 nitrogen and oxygen atoms in total. The van der Waals surface area contributed by atoms with Crippen molar-refractivity contribution in [1.82, 2.24) is 35.0 Å². The molecule has 1 atom stereocenters. The molecular weight excluding hydrogens is 294 g/mol. The number of imidazole rings is 1. The van der Waals surface area contributed by atoms with Gasteiger partial charge in [0.1, 0.15) is 23.8 Å². The van der Waals surface area contributed by atoms with E-state index in [-0.39, 0.29) is 6.10 Å². The van der Waals surface area contributed by atoms with Crippen LogP contribution in [0.3, 0.4) is 0 Å². The Morgan fingerprint density at radius 1 is 1.39 bits per heavy atom. The molecule has 4 rings (SSSR count). The van der Waals surface area contributed by atoms with E-state index < -0.39 is 0 Å². The number of rotatable bonds is 4. The summed E-state index contributed by atoms with van der Waals surface area (Å²) in [7, 11) is 0. The van der Waals surface area contributed by atoms with E-state index in [1.54, 1.807) is 0 Å². The molecule has 3 aromatic heterocycles. The maximum atomic E-state index is 5.99. The second-order valence-electron chi connectivity index (χ2n) is 5.65. The average molecular weight is 313 g/mol. The van der Waals surface area contributed by atoms with Gasteiger partial charge in [0.25, 0.3) is 0 Å². The van der Waals surface area contributed by atoms with Crippen molar-refractivity contribution in [1.29, 1.82) is 0 Å². The molecule has 1 saturated heterocycles. The molecule has 0 aromatic carbocycles. The topological polar surface area (TPSA) is 93.5 Å². The summed E-state index contributed by atoms with van der Waals surface area (Å²) >= 11 is 0. The lowest BCUT2D eigenvalue weighted by Crippen LogP contribution is -2.20. The first kappa shape index (κ1) is 14.1. The van der Waals surface area contributed by atoms with Crippen LogP contribution >= 0.6 is 0 Å². The number of aryl methyl sites for hydroxylation is 1. The third kappa shape index (κ3) is 2.44. The van der Waals surface area contributed by atoms with Crippen molar-refractivity contribution in [2.45, 2.75) is 32.9 Å². The van der Waals surface area contributed by atoms with Gasteiger partial charge in [0, 0.05) is 18.8 Å². The zero-order chi connectivity index (χ0) is 15.8. The summed E-state index contributed by atoms with van der Waals surface area (Å²) in [5.74, 6) is 1.30. The van der Waals surface area contributed by atoms with Crippen molar-refractivity contribution < 1.29 is 4.74 Å². The number of ether oxygens (including phenoxy) is 1. The monoisotopic (exact) mass is 313 g/mol. The van der Waals surface area contributed by atoms with Crippen molar-refractivity contribution in [2.75, 3.05) is 13.1 Å². The Morgan fingerprint density at radius 3 is 3.04 bits per heavy atom.